The highest BCUT2D eigenvalue weighted by Gasteiger charge is 2.22. The normalized spacial score (nSPS) is 17.8. The second kappa shape index (κ2) is 3.54. The Labute approximate surface area is 77.0 Å². The zero-order chi connectivity index (χ0) is 8.39. The van der Waals surface area contributed by atoms with Crippen molar-refractivity contribution in [3.05, 3.63) is 16.1 Å². The maximum Gasteiger partial charge on any atom is 0.0959 e. The maximum atomic E-state index is 4.58. The molecule has 0 saturated heterocycles. The number of nitrogens with zero attached hydrogens (tertiary/aromatic N) is 1. The fourth-order valence-electron chi connectivity index (χ4n) is 1.43. The van der Waals surface area contributed by atoms with E-state index >= 15 is 0 Å². The van der Waals surface area contributed by atoms with Crippen molar-refractivity contribution in [2.75, 3.05) is 7.05 Å². The summed E-state index contributed by atoms with van der Waals surface area (Å²) in [7, 11) is 1.96. The molecule has 1 aliphatic carbocycles. The van der Waals surface area contributed by atoms with Gasteiger partial charge in [0.1, 0.15) is 0 Å². The standard InChI is InChI=1S/C9H14N2S/c1-10-5-8-6-12-9(11-8)7-3-2-4-7/h6-7,10H,2-5H2,1H3. The SMILES string of the molecule is CNCc1csc(C2CCC2)n1. The fourth-order valence-corrected chi connectivity index (χ4v) is 2.42. The van der Waals surface area contributed by atoms with E-state index in [1.807, 2.05) is 18.4 Å². The predicted octanol–water partition coefficient (Wildman–Crippen LogP) is 2.13. The minimum absolute atomic E-state index is 0.792. The average Bonchev–Trinajstić information content (AvgIpc) is 2.34. The number of hydrogen-bond donors (Lipinski definition) is 1. The highest BCUT2D eigenvalue weighted by atomic mass is 32.1. The van der Waals surface area contributed by atoms with Crippen LogP contribution in [-0.2, 0) is 6.54 Å². The van der Waals surface area contributed by atoms with Gasteiger partial charge in [-0.1, -0.05) is 6.42 Å². The smallest absolute Gasteiger partial charge is 0.0959 e. The topological polar surface area (TPSA) is 24.9 Å². The Hall–Kier alpha value is -0.410. The molecule has 0 spiro atoms. The Morgan fingerprint density at radius 3 is 3.08 bits per heavy atom. The van der Waals surface area contributed by atoms with Gasteiger partial charge in [-0.05, 0) is 19.9 Å². The summed E-state index contributed by atoms with van der Waals surface area (Å²) < 4.78 is 0. The van der Waals surface area contributed by atoms with E-state index in [0.29, 0.717) is 0 Å². The van der Waals surface area contributed by atoms with Gasteiger partial charge in [0, 0.05) is 17.8 Å². The van der Waals surface area contributed by atoms with E-state index in [1.165, 1.54) is 30.0 Å². The van der Waals surface area contributed by atoms with Gasteiger partial charge in [-0.15, -0.1) is 11.3 Å². The third-order valence-corrected chi connectivity index (χ3v) is 3.44. The molecule has 1 saturated carbocycles. The molecule has 0 unspecified atom stereocenters. The molecule has 1 heterocycles. The van der Waals surface area contributed by atoms with Crippen molar-refractivity contribution in [1.82, 2.24) is 10.3 Å². The average molecular weight is 182 g/mol. The Morgan fingerprint density at radius 2 is 2.50 bits per heavy atom. The van der Waals surface area contributed by atoms with Crippen molar-refractivity contribution in [3.8, 4) is 0 Å². The van der Waals surface area contributed by atoms with Crippen LogP contribution in [-0.4, -0.2) is 12.0 Å². The summed E-state index contributed by atoms with van der Waals surface area (Å²) in [6.07, 6.45) is 4.10. The molecule has 0 atom stereocenters. The van der Waals surface area contributed by atoms with Crippen LogP contribution in [0.1, 0.15) is 35.9 Å². The Bertz CT molecular complexity index is 253. The summed E-state index contributed by atoms with van der Waals surface area (Å²) in [6, 6.07) is 0. The van der Waals surface area contributed by atoms with Crippen LogP contribution in [0.5, 0.6) is 0 Å². The van der Waals surface area contributed by atoms with E-state index in [0.717, 1.165) is 12.5 Å². The first-order chi connectivity index (χ1) is 5.90. The Balaban J connectivity index is 2.02. The van der Waals surface area contributed by atoms with Gasteiger partial charge in [0.05, 0.1) is 10.7 Å². The lowest BCUT2D eigenvalue weighted by Crippen LogP contribution is -2.09. The van der Waals surface area contributed by atoms with Crippen LogP contribution in [0.3, 0.4) is 0 Å². The summed E-state index contributed by atoms with van der Waals surface area (Å²) in [4.78, 5) is 4.58. The number of hydrogen-bond acceptors (Lipinski definition) is 3. The van der Waals surface area contributed by atoms with Crippen molar-refractivity contribution >= 4 is 11.3 Å². The molecular formula is C9H14N2S. The van der Waals surface area contributed by atoms with E-state index in [-0.39, 0.29) is 0 Å². The third-order valence-electron chi connectivity index (χ3n) is 2.38. The number of thiazole rings is 1. The molecule has 66 valence electrons. The molecule has 0 aliphatic heterocycles. The van der Waals surface area contributed by atoms with Crippen molar-refractivity contribution in [1.29, 1.82) is 0 Å². The fraction of sp³-hybridized carbons (Fsp3) is 0.667. The highest BCUT2D eigenvalue weighted by Crippen LogP contribution is 2.37. The zero-order valence-electron chi connectivity index (χ0n) is 7.34. The van der Waals surface area contributed by atoms with E-state index in [1.54, 1.807) is 0 Å². The monoisotopic (exact) mass is 182 g/mol. The molecule has 2 nitrogen and oxygen atoms in total. The summed E-state index contributed by atoms with van der Waals surface area (Å²) in [5.74, 6) is 0.792. The molecule has 0 radical (unpaired) electrons. The summed E-state index contributed by atoms with van der Waals surface area (Å²) in [6.45, 7) is 0.906. The third kappa shape index (κ3) is 1.52. The lowest BCUT2D eigenvalue weighted by atomic mass is 9.86. The van der Waals surface area contributed by atoms with Gasteiger partial charge < -0.3 is 5.32 Å². The molecule has 1 aromatic heterocycles. The van der Waals surface area contributed by atoms with Crippen LogP contribution in [0.25, 0.3) is 0 Å². The van der Waals surface area contributed by atoms with Gasteiger partial charge in [0.15, 0.2) is 0 Å². The van der Waals surface area contributed by atoms with Crippen LogP contribution in [0.4, 0.5) is 0 Å². The molecule has 1 fully saturated rings. The first-order valence-electron chi connectivity index (χ1n) is 4.49. The molecule has 0 bridgehead atoms. The number of nitrogens with one attached hydrogen (secondary N) is 1. The summed E-state index contributed by atoms with van der Waals surface area (Å²) in [5, 5.41) is 6.64. The first-order valence-corrected chi connectivity index (χ1v) is 5.37. The number of rotatable bonds is 3. The van der Waals surface area contributed by atoms with Crippen molar-refractivity contribution in [2.24, 2.45) is 0 Å². The van der Waals surface area contributed by atoms with Crippen LogP contribution in [0, 0.1) is 0 Å². The second-order valence-electron chi connectivity index (χ2n) is 3.34. The Kier molecular flexibility index (Phi) is 2.42. The maximum absolute atomic E-state index is 4.58. The lowest BCUT2D eigenvalue weighted by molar-refractivity contribution is 0.417. The Morgan fingerprint density at radius 1 is 1.67 bits per heavy atom. The summed E-state index contributed by atoms with van der Waals surface area (Å²) in [5.41, 5.74) is 1.20. The van der Waals surface area contributed by atoms with Gasteiger partial charge in [0.25, 0.3) is 0 Å². The van der Waals surface area contributed by atoms with E-state index in [4.69, 9.17) is 0 Å². The zero-order valence-corrected chi connectivity index (χ0v) is 8.16. The van der Waals surface area contributed by atoms with Crippen molar-refractivity contribution in [3.63, 3.8) is 0 Å². The molecular weight excluding hydrogens is 168 g/mol. The second-order valence-corrected chi connectivity index (χ2v) is 4.22. The molecule has 0 amide bonds. The van der Waals surface area contributed by atoms with Crippen LogP contribution < -0.4 is 5.32 Å². The molecule has 2 rings (SSSR count). The van der Waals surface area contributed by atoms with Crippen LogP contribution in [0.15, 0.2) is 5.38 Å². The minimum atomic E-state index is 0.792. The highest BCUT2D eigenvalue weighted by molar-refractivity contribution is 7.09. The van der Waals surface area contributed by atoms with Gasteiger partial charge in [-0.2, -0.15) is 0 Å². The first kappa shape index (κ1) is 8.20. The lowest BCUT2D eigenvalue weighted by Gasteiger charge is -2.22. The van der Waals surface area contributed by atoms with Crippen LogP contribution >= 0.6 is 11.3 Å². The van der Waals surface area contributed by atoms with Crippen molar-refractivity contribution < 1.29 is 0 Å². The van der Waals surface area contributed by atoms with Crippen molar-refractivity contribution in [2.45, 2.75) is 31.7 Å². The minimum Gasteiger partial charge on any atom is -0.314 e. The van der Waals surface area contributed by atoms with Gasteiger partial charge in [-0.25, -0.2) is 4.98 Å². The molecule has 1 N–H and O–H groups in total. The van der Waals surface area contributed by atoms with E-state index in [9.17, 15) is 0 Å². The quantitative estimate of drug-likeness (QED) is 0.774. The molecule has 12 heavy (non-hydrogen) atoms. The number of aromatic nitrogens is 1. The predicted molar refractivity (Wildman–Crippen MR) is 51.5 cm³/mol. The summed E-state index contributed by atoms with van der Waals surface area (Å²) >= 11 is 1.82. The molecule has 0 aromatic carbocycles. The van der Waals surface area contributed by atoms with E-state index < -0.39 is 0 Å². The van der Waals surface area contributed by atoms with Gasteiger partial charge >= 0.3 is 0 Å². The largest absolute Gasteiger partial charge is 0.314 e. The van der Waals surface area contributed by atoms with Gasteiger partial charge in [0.2, 0.25) is 0 Å². The molecule has 1 aliphatic rings. The van der Waals surface area contributed by atoms with Crippen LogP contribution in [0.2, 0.25) is 0 Å². The molecule has 3 heteroatoms. The van der Waals surface area contributed by atoms with E-state index in [2.05, 4.69) is 15.7 Å². The van der Waals surface area contributed by atoms with Gasteiger partial charge in [-0.3, -0.25) is 0 Å². The molecule has 1 aromatic rings.